The number of aromatic nitrogens is 5. The predicted molar refractivity (Wildman–Crippen MR) is 134 cm³/mol. The van der Waals surface area contributed by atoms with E-state index in [0.717, 1.165) is 41.8 Å². The molecule has 10 heteroatoms. The fourth-order valence-electron chi connectivity index (χ4n) is 4.74. The van der Waals surface area contributed by atoms with Crippen molar-refractivity contribution in [2.24, 2.45) is 14.1 Å². The Morgan fingerprint density at radius 3 is 2.73 bits per heavy atom. The first-order valence-corrected chi connectivity index (χ1v) is 13.9. The molecule has 1 N–H and O–H groups in total. The van der Waals surface area contributed by atoms with Gasteiger partial charge in [0.2, 0.25) is 5.95 Å². The zero-order chi connectivity index (χ0) is 23.5. The molecule has 9 nitrogen and oxygen atoms in total. The molecule has 176 valence electrons. The number of aryl methyl sites for hydroxylation is 3. The summed E-state index contributed by atoms with van der Waals surface area (Å²) in [5, 5.41) is 3.79. The first-order chi connectivity index (χ1) is 15.6. The van der Waals surface area contributed by atoms with Crippen LogP contribution in [0.2, 0.25) is 0 Å². The van der Waals surface area contributed by atoms with Gasteiger partial charge in [0.15, 0.2) is 11.2 Å². The van der Waals surface area contributed by atoms with Gasteiger partial charge in [0.05, 0.1) is 11.6 Å². The maximum Gasteiger partial charge on any atom is 0.330 e. The molecule has 4 aromatic rings. The molecular weight excluding hydrogens is 440 g/mol. The molecule has 1 fully saturated rings. The highest BCUT2D eigenvalue weighted by atomic mass is 32.3. The molecule has 1 aliphatic heterocycles. The Hall–Kier alpha value is -3.01. The Morgan fingerprint density at radius 1 is 1.15 bits per heavy atom. The molecule has 0 amide bonds. The van der Waals surface area contributed by atoms with Crippen molar-refractivity contribution < 1.29 is 4.52 Å². The molecule has 4 heterocycles. The molecule has 0 aliphatic carbocycles. The average Bonchev–Trinajstić information content (AvgIpc) is 3.08. The molecule has 1 unspecified atom stereocenters. The van der Waals surface area contributed by atoms with Gasteiger partial charge in [0.1, 0.15) is 5.52 Å². The number of hydrogen-bond acceptors (Lipinski definition) is 6. The van der Waals surface area contributed by atoms with Crippen LogP contribution < -0.4 is 16.6 Å². The maximum absolute atomic E-state index is 13.2. The predicted octanol–water partition coefficient (Wildman–Crippen LogP) is 3.42. The lowest BCUT2D eigenvalue weighted by Crippen LogP contribution is -2.26. The summed E-state index contributed by atoms with van der Waals surface area (Å²) in [6.07, 6.45) is 9.60. The van der Waals surface area contributed by atoms with Crippen LogP contribution in [0.4, 0.5) is 11.6 Å². The van der Waals surface area contributed by atoms with E-state index >= 15 is 0 Å². The third kappa shape index (κ3) is 3.76. The van der Waals surface area contributed by atoms with Gasteiger partial charge in [-0.15, -0.1) is 0 Å². The van der Waals surface area contributed by atoms with E-state index in [1.807, 2.05) is 11.5 Å². The SMILES string of the molecule is Cc1cc2c(=O)n(C)oc2cc1Nc1ncc2c(n1)n(C1CCCS(C)(C)CC1)c(=O)n2C. The van der Waals surface area contributed by atoms with Crippen LogP contribution in [-0.4, -0.2) is 47.9 Å². The minimum Gasteiger partial charge on any atom is -0.376 e. The molecule has 0 bridgehead atoms. The third-order valence-corrected chi connectivity index (χ3v) is 9.50. The van der Waals surface area contributed by atoms with Crippen LogP contribution >= 0.6 is 10.0 Å². The van der Waals surface area contributed by atoms with Crippen LogP contribution in [0.5, 0.6) is 0 Å². The number of anilines is 2. The quantitative estimate of drug-likeness (QED) is 0.493. The summed E-state index contributed by atoms with van der Waals surface area (Å²) in [7, 11) is 2.77. The monoisotopic (exact) mass is 470 g/mol. The zero-order valence-electron chi connectivity index (χ0n) is 19.7. The van der Waals surface area contributed by atoms with Crippen LogP contribution in [0.1, 0.15) is 30.9 Å². The lowest BCUT2D eigenvalue weighted by Gasteiger charge is -2.29. The lowest BCUT2D eigenvalue weighted by atomic mass is 10.1. The molecular formula is C23H30N6O3S. The van der Waals surface area contributed by atoms with Crippen LogP contribution in [0, 0.1) is 6.92 Å². The summed E-state index contributed by atoms with van der Waals surface area (Å²) in [5.74, 6) is 2.82. The van der Waals surface area contributed by atoms with E-state index in [2.05, 4.69) is 22.8 Å². The summed E-state index contributed by atoms with van der Waals surface area (Å²) in [6, 6.07) is 3.74. The van der Waals surface area contributed by atoms with Crippen molar-refractivity contribution in [1.29, 1.82) is 0 Å². The zero-order valence-corrected chi connectivity index (χ0v) is 20.5. The molecule has 1 saturated heterocycles. The first kappa shape index (κ1) is 21.8. The highest BCUT2D eigenvalue weighted by Crippen LogP contribution is 2.46. The van der Waals surface area contributed by atoms with Crippen molar-refractivity contribution in [1.82, 2.24) is 23.8 Å². The Kier molecular flexibility index (Phi) is 5.15. The van der Waals surface area contributed by atoms with E-state index in [-0.39, 0.29) is 17.3 Å². The van der Waals surface area contributed by atoms with E-state index in [9.17, 15) is 9.59 Å². The topological polar surface area (TPSA) is 99.9 Å². The van der Waals surface area contributed by atoms with Gasteiger partial charge < -0.3 is 9.84 Å². The summed E-state index contributed by atoms with van der Waals surface area (Å²) >= 11 is 0. The minimum atomic E-state index is -0.593. The number of nitrogens with zero attached hydrogens (tertiary/aromatic N) is 5. The molecule has 1 aliphatic rings. The lowest BCUT2D eigenvalue weighted by molar-refractivity contribution is 0.324. The van der Waals surface area contributed by atoms with Crippen molar-refractivity contribution in [2.75, 3.05) is 29.3 Å². The molecule has 1 atom stereocenters. The normalized spacial score (nSPS) is 19.6. The summed E-state index contributed by atoms with van der Waals surface area (Å²) in [4.78, 5) is 34.6. The highest BCUT2D eigenvalue weighted by Gasteiger charge is 2.26. The maximum atomic E-state index is 13.2. The molecule has 1 aromatic carbocycles. The Balaban J connectivity index is 1.55. The van der Waals surface area contributed by atoms with E-state index in [1.165, 1.54) is 10.5 Å². The summed E-state index contributed by atoms with van der Waals surface area (Å²) in [5.41, 5.74) is 3.30. The fraction of sp³-hybridized carbons (Fsp3) is 0.478. The van der Waals surface area contributed by atoms with Crippen molar-refractivity contribution in [2.45, 2.75) is 32.2 Å². The first-order valence-electron chi connectivity index (χ1n) is 11.1. The van der Waals surface area contributed by atoms with Crippen molar-refractivity contribution in [3.8, 4) is 0 Å². The third-order valence-electron chi connectivity index (χ3n) is 6.76. The molecule has 0 spiro atoms. The van der Waals surface area contributed by atoms with Gasteiger partial charge in [0, 0.05) is 31.9 Å². The Bertz CT molecular complexity index is 1490. The summed E-state index contributed by atoms with van der Waals surface area (Å²) < 4.78 is 10.2. The van der Waals surface area contributed by atoms with Gasteiger partial charge >= 0.3 is 5.69 Å². The summed E-state index contributed by atoms with van der Waals surface area (Å²) in [6.45, 7) is 1.92. The molecule has 5 rings (SSSR count). The number of benzene rings is 1. The number of rotatable bonds is 3. The van der Waals surface area contributed by atoms with Crippen LogP contribution in [0.25, 0.3) is 22.1 Å². The second kappa shape index (κ2) is 7.79. The van der Waals surface area contributed by atoms with Gasteiger partial charge in [-0.25, -0.2) is 19.8 Å². The van der Waals surface area contributed by atoms with E-state index in [0.29, 0.717) is 22.6 Å². The van der Waals surface area contributed by atoms with Gasteiger partial charge in [-0.1, -0.05) is 0 Å². The Labute approximate surface area is 192 Å². The highest BCUT2D eigenvalue weighted by molar-refractivity contribution is 8.32. The van der Waals surface area contributed by atoms with Gasteiger partial charge in [0.25, 0.3) is 5.56 Å². The molecule has 3 aromatic heterocycles. The largest absolute Gasteiger partial charge is 0.376 e. The van der Waals surface area contributed by atoms with Crippen molar-refractivity contribution >= 4 is 43.8 Å². The van der Waals surface area contributed by atoms with Crippen molar-refractivity contribution in [3.63, 3.8) is 0 Å². The van der Waals surface area contributed by atoms with Crippen molar-refractivity contribution in [3.05, 3.63) is 44.7 Å². The van der Waals surface area contributed by atoms with Gasteiger partial charge in [-0.05, 0) is 61.8 Å². The van der Waals surface area contributed by atoms with E-state index in [4.69, 9.17) is 9.51 Å². The molecule has 0 radical (unpaired) electrons. The minimum absolute atomic E-state index is 0.0418. The average molecular weight is 471 g/mol. The standard InChI is InChI=1S/C23H30N6O3S/c1-14-11-16-19(32-28(3)21(16)30)12-17(14)25-22-24-13-18-20(26-22)29(23(31)27(18)2)15-7-6-9-33(4,5)10-8-15/h11-13,15H,6-10H2,1-5H3,(H,24,25,26). The molecule has 0 saturated carbocycles. The van der Waals surface area contributed by atoms with Gasteiger partial charge in [-0.3, -0.25) is 13.9 Å². The number of fused-ring (bicyclic) bond motifs is 2. The number of hydrogen-bond donors (Lipinski definition) is 1. The van der Waals surface area contributed by atoms with Crippen LogP contribution in [0.15, 0.2) is 32.4 Å². The fourth-order valence-corrected chi connectivity index (χ4v) is 6.80. The number of nitrogens with one attached hydrogen (secondary N) is 1. The second-order valence-electron chi connectivity index (χ2n) is 9.56. The van der Waals surface area contributed by atoms with Gasteiger partial charge in [-0.2, -0.15) is 9.72 Å². The number of imidazole rings is 1. The van der Waals surface area contributed by atoms with E-state index in [1.54, 1.807) is 37.0 Å². The molecule has 33 heavy (non-hydrogen) atoms. The smallest absolute Gasteiger partial charge is 0.330 e. The van der Waals surface area contributed by atoms with Crippen LogP contribution in [0.3, 0.4) is 0 Å². The van der Waals surface area contributed by atoms with E-state index < -0.39 is 10.0 Å². The Morgan fingerprint density at radius 2 is 1.94 bits per heavy atom. The second-order valence-corrected chi connectivity index (χ2v) is 13.9. The van der Waals surface area contributed by atoms with Crippen LogP contribution in [-0.2, 0) is 14.1 Å².